The topological polar surface area (TPSA) is 86.5 Å². The van der Waals surface area contributed by atoms with Crippen LogP contribution in [-0.4, -0.2) is 39.0 Å². The van der Waals surface area contributed by atoms with Crippen molar-refractivity contribution >= 4 is 15.8 Å². The van der Waals surface area contributed by atoms with Crippen molar-refractivity contribution in [1.29, 1.82) is 0 Å². The summed E-state index contributed by atoms with van der Waals surface area (Å²) in [5.41, 5.74) is 5.83. The molecule has 2 atom stereocenters. The molecule has 0 unspecified atom stereocenters. The van der Waals surface area contributed by atoms with Crippen molar-refractivity contribution in [3.05, 3.63) is 0 Å². The normalized spacial score (nSPS) is 30.5. The maximum Gasteiger partial charge on any atom is 0.305 e. The second kappa shape index (κ2) is 4.94. The summed E-state index contributed by atoms with van der Waals surface area (Å²) in [7, 11) is -1.64. The van der Waals surface area contributed by atoms with Gasteiger partial charge in [0.15, 0.2) is 0 Å². The summed E-state index contributed by atoms with van der Waals surface area (Å²) in [4.78, 5) is 11.1. The number of ether oxygens (including phenoxy) is 1. The number of hydrogen-bond donors (Lipinski definition) is 1. The fraction of sp³-hybridized carbons (Fsp3) is 0.889. The van der Waals surface area contributed by atoms with E-state index in [1.807, 2.05) is 0 Å². The van der Waals surface area contributed by atoms with Crippen molar-refractivity contribution in [2.45, 2.75) is 25.3 Å². The highest BCUT2D eigenvalue weighted by molar-refractivity contribution is 7.91. The Bertz CT molecular complexity index is 325. The van der Waals surface area contributed by atoms with Crippen LogP contribution >= 0.6 is 0 Å². The van der Waals surface area contributed by atoms with Crippen molar-refractivity contribution in [1.82, 2.24) is 0 Å². The van der Waals surface area contributed by atoms with E-state index in [0.717, 1.165) is 0 Å². The fourth-order valence-corrected chi connectivity index (χ4v) is 3.25. The molecule has 0 amide bonds. The monoisotopic (exact) mass is 235 g/mol. The van der Waals surface area contributed by atoms with Gasteiger partial charge in [-0.1, -0.05) is 0 Å². The van der Waals surface area contributed by atoms with Gasteiger partial charge < -0.3 is 10.5 Å². The molecule has 1 aliphatic rings. The Morgan fingerprint density at radius 1 is 1.40 bits per heavy atom. The minimum absolute atomic E-state index is 0.0743. The number of esters is 1. The third kappa shape index (κ3) is 3.79. The molecule has 88 valence electrons. The lowest BCUT2D eigenvalue weighted by molar-refractivity contribution is -0.141. The van der Waals surface area contributed by atoms with Crippen LogP contribution in [-0.2, 0) is 19.4 Å². The van der Waals surface area contributed by atoms with Crippen LogP contribution in [0.3, 0.4) is 0 Å². The third-order valence-corrected chi connectivity index (χ3v) is 4.54. The summed E-state index contributed by atoms with van der Waals surface area (Å²) in [5.74, 6) is -0.141. The predicted molar refractivity (Wildman–Crippen MR) is 56.0 cm³/mol. The molecule has 1 fully saturated rings. The van der Waals surface area contributed by atoms with Gasteiger partial charge in [0.25, 0.3) is 0 Å². The lowest BCUT2D eigenvalue weighted by Crippen LogP contribution is -2.31. The van der Waals surface area contributed by atoms with E-state index in [0.29, 0.717) is 12.8 Å². The minimum Gasteiger partial charge on any atom is -0.469 e. The van der Waals surface area contributed by atoms with E-state index in [2.05, 4.69) is 4.74 Å². The van der Waals surface area contributed by atoms with Crippen LogP contribution < -0.4 is 5.73 Å². The smallest absolute Gasteiger partial charge is 0.305 e. The number of sulfone groups is 1. The molecule has 0 aromatic heterocycles. The standard InChI is InChI=1S/C9H17NO4S/c1-14-9(11)6-7-2-4-15(12,13)5-3-8(7)10/h7-8H,2-6,10H2,1H3/t7-,8+/m1/s1. The maximum absolute atomic E-state index is 11.3. The van der Waals surface area contributed by atoms with Crippen LogP contribution in [0.25, 0.3) is 0 Å². The Labute approximate surface area is 89.9 Å². The predicted octanol–water partition coefficient (Wildman–Crippen LogP) is -0.298. The minimum atomic E-state index is -2.96. The van der Waals surface area contributed by atoms with Gasteiger partial charge in [0.2, 0.25) is 0 Å². The molecule has 5 nitrogen and oxygen atoms in total. The van der Waals surface area contributed by atoms with Gasteiger partial charge >= 0.3 is 5.97 Å². The van der Waals surface area contributed by atoms with Crippen LogP contribution in [0.1, 0.15) is 19.3 Å². The molecule has 6 heteroatoms. The highest BCUT2D eigenvalue weighted by Gasteiger charge is 2.28. The van der Waals surface area contributed by atoms with Gasteiger partial charge in [-0.2, -0.15) is 0 Å². The van der Waals surface area contributed by atoms with Crippen LogP contribution in [0, 0.1) is 5.92 Å². The largest absolute Gasteiger partial charge is 0.469 e. The summed E-state index contributed by atoms with van der Waals surface area (Å²) >= 11 is 0. The number of hydrogen-bond acceptors (Lipinski definition) is 5. The lowest BCUT2D eigenvalue weighted by Gasteiger charge is -2.18. The second-order valence-electron chi connectivity index (χ2n) is 3.93. The van der Waals surface area contributed by atoms with Gasteiger partial charge in [0, 0.05) is 12.5 Å². The Balaban J connectivity index is 2.61. The highest BCUT2D eigenvalue weighted by Crippen LogP contribution is 2.21. The zero-order valence-corrected chi connectivity index (χ0v) is 9.63. The summed E-state index contributed by atoms with van der Waals surface area (Å²) < 4.78 is 27.2. The Kier molecular flexibility index (Phi) is 4.10. The molecule has 0 aromatic carbocycles. The first-order valence-corrected chi connectivity index (χ1v) is 6.79. The fourth-order valence-electron chi connectivity index (χ4n) is 1.75. The van der Waals surface area contributed by atoms with Crippen LogP contribution in [0.2, 0.25) is 0 Å². The Morgan fingerprint density at radius 3 is 2.60 bits per heavy atom. The number of methoxy groups -OCH3 is 1. The number of carbonyl (C=O) groups is 1. The maximum atomic E-state index is 11.3. The quantitative estimate of drug-likeness (QED) is 0.664. The van der Waals surface area contributed by atoms with Gasteiger partial charge in [-0.25, -0.2) is 8.42 Å². The van der Waals surface area contributed by atoms with Gasteiger partial charge in [0.1, 0.15) is 9.84 Å². The number of rotatable bonds is 2. The van der Waals surface area contributed by atoms with Crippen molar-refractivity contribution in [3.63, 3.8) is 0 Å². The second-order valence-corrected chi connectivity index (χ2v) is 6.24. The van der Waals surface area contributed by atoms with Gasteiger partial charge in [0.05, 0.1) is 18.6 Å². The molecule has 2 N–H and O–H groups in total. The van der Waals surface area contributed by atoms with E-state index in [4.69, 9.17) is 5.73 Å². The summed E-state index contributed by atoms with van der Waals surface area (Å²) in [5, 5.41) is 0. The average Bonchev–Trinajstić information content (AvgIpc) is 2.31. The molecule has 0 spiro atoms. The molecule has 0 aliphatic carbocycles. The molecule has 1 saturated heterocycles. The van der Waals surface area contributed by atoms with E-state index < -0.39 is 9.84 Å². The van der Waals surface area contributed by atoms with E-state index in [9.17, 15) is 13.2 Å². The first-order valence-electron chi connectivity index (χ1n) is 4.97. The summed E-state index contributed by atoms with van der Waals surface area (Å²) in [6.45, 7) is 0. The van der Waals surface area contributed by atoms with Gasteiger partial charge in [-0.15, -0.1) is 0 Å². The lowest BCUT2D eigenvalue weighted by atomic mass is 9.92. The van der Waals surface area contributed by atoms with E-state index >= 15 is 0 Å². The van der Waals surface area contributed by atoms with Crippen molar-refractivity contribution in [2.75, 3.05) is 18.6 Å². The van der Waals surface area contributed by atoms with Crippen molar-refractivity contribution in [2.24, 2.45) is 11.7 Å². The Morgan fingerprint density at radius 2 is 2.00 bits per heavy atom. The molecule has 0 radical (unpaired) electrons. The van der Waals surface area contributed by atoms with Gasteiger partial charge in [-0.3, -0.25) is 4.79 Å². The van der Waals surface area contributed by atoms with Crippen LogP contribution in [0.15, 0.2) is 0 Å². The molecule has 1 heterocycles. The van der Waals surface area contributed by atoms with Crippen LogP contribution in [0.5, 0.6) is 0 Å². The van der Waals surface area contributed by atoms with Crippen LogP contribution in [0.4, 0.5) is 0 Å². The van der Waals surface area contributed by atoms with E-state index in [1.165, 1.54) is 7.11 Å². The Hall–Kier alpha value is -0.620. The van der Waals surface area contributed by atoms with Crippen molar-refractivity contribution < 1.29 is 17.9 Å². The summed E-state index contributed by atoms with van der Waals surface area (Å²) in [6, 6.07) is -0.221. The molecular weight excluding hydrogens is 218 g/mol. The molecule has 15 heavy (non-hydrogen) atoms. The molecule has 1 rings (SSSR count). The summed E-state index contributed by atoms with van der Waals surface area (Å²) in [6.07, 6.45) is 1.11. The first-order chi connectivity index (χ1) is 6.94. The molecule has 0 saturated carbocycles. The number of nitrogens with two attached hydrogens (primary N) is 1. The van der Waals surface area contributed by atoms with Gasteiger partial charge in [-0.05, 0) is 18.8 Å². The molecule has 0 aromatic rings. The first kappa shape index (κ1) is 12.4. The zero-order valence-electron chi connectivity index (χ0n) is 8.81. The molecule has 1 aliphatic heterocycles. The molecule has 0 bridgehead atoms. The SMILES string of the molecule is COC(=O)C[C@H]1CCS(=O)(=O)CC[C@@H]1N. The number of carbonyl (C=O) groups excluding carboxylic acids is 1. The third-order valence-electron chi connectivity index (χ3n) is 2.82. The van der Waals surface area contributed by atoms with Crippen molar-refractivity contribution in [3.8, 4) is 0 Å². The highest BCUT2D eigenvalue weighted by atomic mass is 32.2. The molecular formula is C9H17NO4S. The average molecular weight is 235 g/mol. The zero-order chi connectivity index (χ0) is 11.5. The van der Waals surface area contributed by atoms with E-state index in [1.54, 1.807) is 0 Å². The van der Waals surface area contributed by atoms with E-state index in [-0.39, 0.29) is 35.9 Å².